The molecule has 0 spiro atoms. The minimum Gasteiger partial charge on any atom is -0.313 e. The molecule has 1 aliphatic rings. The summed E-state index contributed by atoms with van der Waals surface area (Å²) in [5.74, 6) is 0. The van der Waals surface area contributed by atoms with Gasteiger partial charge in [-0.3, -0.25) is 4.99 Å². The maximum Gasteiger partial charge on any atom is 0.0292 e. The van der Waals surface area contributed by atoms with Crippen LogP contribution in [0.15, 0.2) is 16.8 Å². The Morgan fingerprint density at radius 1 is 1.73 bits per heavy atom. The fraction of sp³-hybridized carbons (Fsp3) is 0.667. The molecule has 0 aromatic rings. The molecule has 0 aromatic heterocycles. The van der Waals surface area contributed by atoms with Gasteiger partial charge in [0.2, 0.25) is 0 Å². The molecule has 0 saturated carbocycles. The number of hydrogen-bond donors (Lipinski definition) is 1. The summed E-state index contributed by atoms with van der Waals surface area (Å²) in [6.07, 6.45) is 7.39. The topological polar surface area (TPSA) is 24.4 Å². The summed E-state index contributed by atoms with van der Waals surface area (Å²) >= 11 is 0. The Morgan fingerprint density at radius 2 is 2.55 bits per heavy atom. The predicted molar refractivity (Wildman–Crippen MR) is 48.9 cm³/mol. The van der Waals surface area contributed by atoms with E-state index < -0.39 is 0 Å². The molecule has 0 fully saturated rings. The van der Waals surface area contributed by atoms with E-state index in [9.17, 15) is 0 Å². The molecular formula is C9H16N2. The van der Waals surface area contributed by atoms with Gasteiger partial charge in [0, 0.05) is 18.5 Å². The van der Waals surface area contributed by atoms with Crippen LogP contribution in [0.3, 0.4) is 0 Å². The lowest BCUT2D eigenvalue weighted by atomic mass is 10.0. The van der Waals surface area contributed by atoms with E-state index in [1.165, 1.54) is 12.0 Å². The van der Waals surface area contributed by atoms with E-state index in [1.807, 2.05) is 19.5 Å². The monoisotopic (exact) mass is 152 g/mol. The lowest BCUT2D eigenvalue weighted by Gasteiger charge is -2.18. The van der Waals surface area contributed by atoms with Crippen LogP contribution in [0.1, 0.15) is 26.2 Å². The van der Waals surface area contributed by atoms with E-state index >= 15 is 0 Å². The molecule has 1 aliphatic heterocycles. The van der Waals surface area contributed by atoms with Crippen LogP contribution in [0.5, 0.6) is 0 Å². The Hall–Kier alpha value is -0.630. The standard InChI is InChI=1S/C9H16N2/c1-3-9(10-2)8-5-4-6-11-7-8/h6-7,9-10H,3-5H2,1-2H3. The van der Waals surface area contributed by atoms with Gasteiger partial charge in [-0.2, -0.15) is 0 Å². The van der Waals surface area contributed by atoms with E-state index in [4.69, 9.17) is 0 Å². The van der Waals surface area contributed by atoms with Gasteiger partial charge in [0.15, 0.2) is 0 Å². The van der Waals surface area contributed by atoms with Crippen LogP contribution in [-0.4, -0.2) is 19.3 Å². The van der Waals surface area contributed by atoms with Crippen LogP contribution in [0.25, 0.3) is 0 Å². The van der Waals surface area contributed by atoms with Crippen LogP contribution >= 0.6 is 0 Å². The molecule has 1 heterocycles. The SMILES string of the molecule is CCC(NC)C1=CN=CCC1. The van der Waals surface area contributed by atoms with Crippen LogP contribution in [0, 0.1) is 0 Å². The van der Waals surface area contributed by atoms with Crippen molar-refractivity contribution >= 4 is 6.21 Å². The molecule has 62 valence electrons. The number of aliphatic imine (C=N–C) groups is 1. The van der Waals surface area contributed by atoms with E-state index in [1.54, 1.807) is 0 Å². The summed E-state index contributed by atoms with van der Waals surface area (Å²) in [6, 6.07) is 0.535. The van der Waals surface area contributed by atoms with Crippen molar-refractivity contribution in [3.8, 4) is 0 Å². The van der Waals surface area contributed by atoms with E-state index in [0.717, 1.165) is 12.8 Å². The molecule has 1 rings (SSSR count). The molecule has 0 aromatic carbocycles. The third-order valence-corrected chi connectivity index (χ3v) is 2.11. The van der Waals surface area contributed by atoms with Crippen LogP contribution in [-0.2, 0) is 0 Å². The lowest BCUT2D eigenvalue weighted by Crippen LogP contribution is -2.27. The highest BCUT2D eigenvalue weighted by atomic mass is 14.9. The fourth-order valence-electron chi connectivity index (χ4n) is 1.43. The Morgan fingerprint density at radius 3 is 3.00 bits per heavy atom. The molecule has 0 amide bonds. The number of likely N-dealkylation sites (N-methyl/N-ethyl adjacent to an activating group) is 1. The summed E-state index contributed by atoms with van der Waals surface area (Å²) in [5.41, 5.74) is 1.44. The van der Waals surface area contributed by atoms with Crippen molar-refractivity contribution in [3.63, 3.8) is 0 Å². The summed E-state index contributed by atoms with van der Waals surface area (Å²) in [6.45, 7) is 2.19. The first-order valence-corrected chi connectivity index (χ1v) is 4.26. The molecule has 2 heteroatoms. The Bertz CT molecular complexity index is 166. The molecule has 1 unspecified atom stereocenters. The molecule has 0 bridgehead atoms. The van der Waals surface area contributed by atoms with Crippen molar-refractivity contribution in [2.45, 2.75) is 32.2 Å². The van der Waals surface area contributed by atoms with Gasteiger partial charge >= 0.3 is 0 Å². The number of hydrogen-bond acceptors (Lipinski definition) is 2. The van der Waals surface area contributed by atoms with E-state index in [2.05, 4.69) is 17.2 Å². The fourth-order valence-corrected chi connectivity index (χ4v) is 1.43. The van der Waals surface area contributed by atoms with Gasteiger partial charge in [-0.05, 0) is 31.9 Å². The molecule has 1 N–H and O–H groups in total. The first-order valence-electron chi connectivity index (χ1n) is 4.26. The van der Waals surface area contributed by atoms with Gasteiger partial charge in [-0.1, -0.05) is 6.92 Å². The van der Waals surface area contributed by atoms with Crippen molar-refractivity contribution in [1.29, 1.82) is 0 Å². The minimum absolute atomic E-state index is 0.535. The van der Waals surface area contributed by atoms with Crippen molar-refractivity contribution in [2.24, 2.45) is 4.99 Å². The summed E-state index contributed by atoms with van der Waals surface area (Å²) in [4.78, 5) is 4.15. The van der Waals surface area contributed by atoms with E-state index in [-0.39, 0.29) is 0 Å². The highest BCUT2D eigenvalue weighted by Gasteiger charge is 2.10. The highest BCUT2D eigenvalue weighted by molar-refractivity contribution is 5.60. The summed E-state index contributed by atoms with van der Waals surface area (Å²) < 4.78 is 0. The Kier molecular flexibility index (Phi) is 3.30. The van der Waals surface area contributed by atoms with Gasteiger partial charge in [-0.25, -0.2) is 0 Å². The maximum atomic E-state index is 4.15. The zero-order valence-corrected chi connectivity index (χ0v) is 7.30. The predicted octanol–water partition coefficient (Wildman–Crippen LogP) is 1.73. The van der Waals surface area contributed by atoms with Crippen LogP contribution in [0.4, 0.5) is 0 Å². The highest BCUT2D eigenvalue weighted by Crippen LogP contribution is 2.15. The molecule has 0 saturated heterocycles. The minimum atomic E-state index is 0.535. The van der Waals surface area contributed by atoms with Crippen molar-refractivity contribution in [1.82, 2.24) is 5.32 Å². The van der Waals surface area contributed by atoms with Gasteiger partial charge in [0.25, 0.3) is 0 Å². The molecule has 0 aliphatic carbocycles. The number of nitrogens with zero attached hydrogens (tertiary/aromatic N) is 1. The van der Waals surface area contributed by atoms with Gasteiger partial charge in [0.1, 0.15) is 0 Å². The third kappa shape index (κ3) is 2.15. The largest absolute Gasteiger partial charge is 0.313 e. The van der Waals surface area contributed by atoms with Crippen molar-refractivity contribution in [2.75, 3.05) is 7.05 Å². The molecule has 11 heavy (non-hydrogen) atoms. The quantitative estimate of drug-likeness (QED) is 0.654. The van der Waals surface area contributed by atoms with Crippen molar-refractivity contribution < 1.29 is 0 Å². The summed E-state index contributed by atoms with van der Waals surface area (Å²) in [7, 11) is 2.01. The van der Waals surface area contributed by atoms with Crippen LogP contribution < -0.4 is 5.32 Å². The normalized spacial score (nSPS) is 19.6. The van der Waals surface area contributed by atoms with Crippen molar-refractivity contribution in [3.05, 3.63) is 11.8 Å². The second-order valence-corrected chi connectivity index (χ2v) is 2.82. The second kappa shape index (κ2) is 4.29. The molecule has 2 nitrogen and oxygen atoms in total. The van der Waals surface area contributed by atoms with Gasteiger partial charge in [0.05, 0.1) is 0 Å². The Balaban J connectivity index is 2.56. The Labute approximate surface area is 68.4 Å². The lowest BCUT2D eigenvalue weighted by molar-refractivity contribution is 0.594. The first kappa shape index (κ1) is 8.47. The average molecular weight is 152 g/mol. The zero-order valence-electron chi connectivity index (χ0n) is 7.30. The van der Waals surface area contributed by atoms with E-state index in [0.29, 0.717) is 6.04 Å². The number of rotatable bonds is 3. The molecule has 0 radical (unpaired) electrons. The van der Waals surface area contributed by atoms with Gasteiger partial charge < -0.3 is 5.32 Å². The molecule has 1 atom stereocenters. The average Bonchev–Trinajstić information content (AvgIpc) is 2.09. The third-order valence-electron chi connectivity index (χ3n) is 2.11. The molecular weight excluding hydrogens is 136 g/mol. The maximum absolute atomic E-state index is 4.15. The number of nitrogens with one attached hydrogen (secondary N) is 1. The smallest absolute Gasteiger partial charge is 0.0292 e. The van der Waals surface area contributed by atoms with Gasteiger partial charge in [-0.15, -0.1) is 0 Å². The van der Waals surface area contributed by atoms with Crippen LogP contribution in [0.2, 0.25) is 0 Å². The summed E-state index contributed by atoms with van der Waals surface area (Å²) in [5, 5.41) is 3.28. The second-order valence-electron chi connectivity index (χ2n) is 2.82. The zero-order chi connectivity index (χ0) is 8.10. The first-order chi connectivity index (χ1) is 5.38.